The molecular weight excluding hydrogens is 490 g/mol. The van der Waals surface area contributed by atoms with Crippen molar-refractivity contribution in [1.82, 2.24) is 9.55 Å². The van der Waals surface area contributed by atoms with Crippen LogP contribution in [-0.4, -0.2) is 28.3 Å². The van der Waals surface area contributed by atoms with Crippen LogP contribution in [0.1, 0.15) is 39.9 Å². The number of ether oxygens (including phenoxy) is 1. The summed E-state index contributed by atoms with van der Waals surface area (Å²) in [5.41, 5.74) is 4.79. The number of hydrogen-bond acceptors (Lipinski definition) is 5. The Morgan fingerprint density at radius 1 is 1.26 bits per heavy atom. The summed E-state index contributed by atoms with van der Waals surface area (Å²) in [5.74, 6) is -3.93. The number of allylic oxidation sites excluding steroid dienone is 1. The first kappa shape index (κ1) is 26.0. The lowest BCUT2D eigenvalue weighted by Gasteiger charge is -2.19. The Balaban J connectivity index is 2.04. The lowest BCUT2D eigenvalue weighted by molar-refractivity contribution is -0.139. The van der Waals surface area contributed by atoms with E-state index in [1.165, 1.54) is 24.3 Å². The van der Waals surface area contributed by atoms with E-state index in [4.69, 9.17) is 22.1 Å². The highest BCUT2D eigenvalue weighted by atomic mass is 35.5. The first-order valence-electron chi connectivity index (χ1n) is 10.3. The van der Waals surface area contributed by atoms with Gasteiger partial charge in [0.15, 0.2) is 5.82 Å². The topological polar surface area (TPSA) is 87.2 Å². The normalized spacial score (nSPS) is 12.7. The van der Waals surface area contributed by atoms with E-state index in [0.717, 1.165) is 29.0 Å². The van der Waals surface area contributed by atoms with E-state index in [-0.39, 0.29) is 12.4 Å². The van der Waals surface area contributed by atoms with Gasteiger partial charge in [-0.2, -0.15) is 18.2 Å². The zero-order valence-corrected chi connectivity index (χ0v) is 19.3. The standard InChI is InChI=1S/C24H20ClF4N3O3/c1-3-35-22(33)16-6-4-14(10-13(16)2)5-7-17(24(27,28)29)15-11-18(25)21(26)19(12-15)32-9-8-20(30)31-23(32)34/h4-12,17H,3H2,1-2H3,(H2,30,31,34)/b7-5+. The fourth-order valence-electron chi connectivity index (χ4n) is 3.39. The zero-order valence-electron chi connectivity index (χ0n) is 18.6. The number of halogens is 5. The van der Waals surface area contributed by atoms with Crippen LogP contribution >= 0.6 is 11.6 Å². The van der Waals surface area contributed by atoms with Gasteiger partial charge >= 0.3 is 17.8 Å². The summed E-state index contributed by atoms with van der Waals surface area (Å²) >= 11 is 5.89. The van der Waals surface area contributed by atoms with Crippen molar-refractivity contribution in [3.63, 3.8) is 0 Å². The van der Waals surface area contributed by atoms with E-state index in [9.17, 15) is 27.2 Å². The van der Waals surface area contributed by atoms with Crippen LogP contribution in [0.2, 0.25) is 5.02 Å². The highest BCUT2D eigenvalue weighted by Crippen LogP contribution is 2.39. The molecule has 1 unspecified atom stereocenters. The van der Waals surface area contributed by atoms with E-state index >= 15 is 0 Å². The van der Waals surface area contributed by atoms with Crippen molar-refractivity contribution < 1.29 is 27.1 Å². The molecule has 6 nitrogen and oxygen atoms in total. The molecule has 0 bridgehead atoms. The Morgan fingerprint density at radius 3 is 2.57 bits per heavy atom. The monoisotopic (exact) mass is 509 g/mol. The summed E-state index contributed by atoms with van der Waals surface area (Å²) < 4.78 is 62.3. The SMILES string of the molecule is CCOC(=O)c1ccc(/C=C/C(c2cc(Cl)c(F)c(-n3ccc(N)nc3=O)c2)C(F)(F)F)cc1C. The maximum absolute atomic E-state index is 14.7. The van der Waals surface area contributed by atoms with Gasteiger partial charge < -0.3 is 10.5 Å². The Hall–Kier alpha value is -3.66. The second-order valence-electron chi connectivity index (χ2n) is 7.51. The number of anilines is 1. The van der Waals surface area contributed by atoms with E-state index in [1.54, 1.807) is 19.9 Å². The van der Waals surface area contributed by atoms with E-state index in [2.05, 4.69) is 4.98 Å². The summed E-state index contributed by atoms with van der Waals surface area (Å²) in [7, 11) is 0. The number of carbonyl (C=O) groups is 1. The van der Waals surface area contributed by atoms with E-state index < -0.39 is 45.8 Å². The number of benzene rings is 2. The molecule has 0 radical (unpaired) electrons. The second kappa shape index (κ2) is 10.3. The molecule has 2 N–H and O–H groups in total. The van der Waals surface area contributed by atoms with Gasteiger partial charge in [-0.15, -0.1) is 0 Å². The number of nitrogens with two attached hydrogens (primary N) is 1. The van der Waals surface area contributed by atoms with Gasteiger partial charge in [0.2, 0.25) is 0 Å². The predicted molar refractivity (Wildman–Crippen MR) is 124 cm³/mol. The lowest BCUT2D eigenvalue weighted by atomic mass is 9.95. The van der Waals surface area contributed by atoms with Crippen molar-refractivity contribution in [3.8, 4) is 5.69 Å². The maximum atomic E-state index is 14.7. The summed E-state index contributed by atoms with van der Waals surface area (Å²) in [6.07, 6.45) is -1.56. The van der Waals surface area contributed by atoms with Gasteiger partial charge in [0.05, 0.1) is 28.8 Å². The van der Waals surface area contributed by atoms with Crippen LogP contribution in [-0.2, 0) is 4.74 Å². The summed E-state index contributed by atoms with van der Waals surface area (Å²) in [6, 6.07) is 7.42. The van der Waals surface area contributed by atoms with Gasteiger partial charge in [0.25, 0.3) is 0 Å². The van der Waals surface area contributed by atoms with Gasteiger partial charge in [-0.25, -0.2) is 14.0 Å². The Bertz CT molecular complexity index is 1350. The summed E-state index contributed by atoms with van der Waals surface area (Å²) in [6.45, 7) is 3.48. The summed E-state index contributed by atoms with van der Waals surface area (Å²) in [5, 5.41) is -0.599. The van der Waals surface area contributed by atoms with Crippen LogP contribution < -0.4 is 11.4 Å². The zero-order chi connectivity index (χ0) is 25.9. The van der Waals surface area contributed by atoms with Crippen molar-refractivity contribution in [2.45, 2.75) is 25.9 Å². The molecule has 0 amide bonds. The lowest BCUT2D eigenvalue weighted by Crippen LogP contribution is -2.24. The minimum atomic E-state index is -4.76. The van der Waals surface area contributed by atoms with Crippen molar-refractivity contribution in [2.24, 2.45) is 0 Å². The molecule has 0 saturated carbocycles. The fraction of sp³-hybridized carbons (Fsp3) is 0.208. The maximum Gasteiger partial charge on any atom is 0.399 e. The Morgan fingerprint density at radius 2 is 1.97 bits per heavy atom. The molecular formula is C24H20ClF4N3O3. The van der Waals surface area contributed by atoms with Crippen molar-refractivity contribution in [2.75, 3.05) is 12.3 Å². The number of alkyl halides is 3. The molecule has 1 aromatic heterocycles. The third-order valence-corrected chi connectivity index (χ3v) is 5.33. The number of aryl methyl sites for hydroxylation is 1. The van der Waals surface area contributed by atoms with Crippen LogP contribution in [0.4, 0.5) is 23.4 Å². The average Bonchev–Trinajstić information content (AvgIpc) is 2.76. The van der Waals surface area contributed by atoms with Crippen molar-refractivity contribution >= 4 is 29.5 Å². The van der Waals surface area contributed by atoms with Crippen molar-refractivity contribution in [1.29, 1.82) is 0 Å². The van der Waals surface area contributed by atoms with Gasteiger partial charge in [-0.3, -0.25) is 4.57 Å². The fourth-order valence-corrected chi connectivity index (χ4v) is 3.62. The van der Waals surface area contributed by atoms with E-state index in [1.807, 2.05) is 0 Å². The molecule has 35 heavy (non-hydrogen) atoms. The molecule has 0 aliphatic rings. The van der Waals surface area contributed by atoms with Crippen LogP contribution in [0.3, 0.4) is 0 Å². The number of rotatable bonds is 6. The predicted octanol–water partition coefficient (Wildman–Crippen LogP) is 5.45. The molecule has 1 atom stereocenters. The quantitative estimate of drug-likeness (QED) is 0.352. The van der Waals surface area contributed by atoms with Gasteiger partial charge in [-0.05, 0) is 54.8 Å². The molecule has 0 spiro atoms. The molecule has 2 aromatic carbocycles. The van der Waals surface area contributed by atoms with Crippen LogP contribution in [0.15, 0.2) is 53.5 Å². The number of esters is 1. The van der Waals surface area contributed by atoms with Crippen LogP contribution in [0.5, 0.6) is 0 Å². The third kappa shape index (κ3) is 5.89. The highest BCUT2D eigenvalue weighted by Gasteiger charge is 2.39. The molecule has 3 aromatic rings. The number of nitrogen functional groups attached to an aromatic ring is 1. The Labute approximate surface area is 202 Å². The average molecular weight is 510 g/mol. The number of nitrogens with zero attached hydrogens (tertiary/aromatic N) is 2. The Kier molecular flexibility index (Phi) is 7.64. The molecule has 1 heterocycles. The first-order valence-corrected chi connectivity index (χ1v) is 10.7. The molecule has 0 aliphatic heterocycles. The number of carbonyl (C=O) groups excluding carboxylic acids is 1. The number of aromatic nitrogens is 2. The largest absolute Gasteiger partial charge is 0.462 e. The molecule has 11 heteroatoms. The van der Waals surface area contributed by atoms with Crippen molar-refractivity contribution in [3.05, 3.63) is 92.2 Å². The molecule has 184 valence electrons. The van der Waals surface area contributed by atoms with Crippen LogP contribution in [0.25, 0.3) is 11.8 Å². The smallest absolute Gasteiger partial charge is 0.399 e. The number of hydrogen-bond donors (Lipinski definition) is 1. The second-order valence-corrected chi connectivity index (χ2v) is 7.92. The minimum Gasteiger partial charge on any atom is -0.462 e. The molecule has 0 aliphatic carbocycles. The molecule has 3 rings (SSSR count). The molecule has 0 saturated heterocycles. The first-order chi connectivity index (χ1) is 16.4. The highest BCUT2D eigenvalue weighted by molar-refractivity contribution is 6.31. The molecule has 0 fully saturated rings. The third-order valence-electron chi connectivity index (χ3n) is 5.05. The van der Waals surface area contributed by atoms with Crippen LogP contribution in [0, 0.1) is 12.7 Å². The van der Waals surface area contributed by atoms with Gasteiger partial charge in [0, 0.05) is 6.20 Å². The van der Waals surface area contributed by atoms with Gasteiger partial charge in [0.1, 0.15) is 5.82 Å². The van der Waals surface area contributed by atoms with Gasteiger partial charge in [-0.1, -0.05) is 35.9 Å². The summed E-state index contributed by atoms with van der Waals surface area (Å²) in [4.78, 5) is 27.5. The van der Waals surface area contributed by atoms with E-state index in [0.29, 0.717) is 16.7 Å². The minimum absolute atomic E-state index is 0.130.